The fourth-order valence-electron chi connectivity index (χ4n) is 4.55. The SMILES string of the molecule is CC(=O)Nc1ccc(CNC2CCC(NC(=O)CC3CCCCC3)CC2)cc1. The van der Waals surface area contributed by atoms with Crippen molar-refractivity contribution < 1.29 is 9.59 Å². The van der Waals surface area contributed by atoms with Crippen LogP contribution in [-0.4, -0.2) is 23.9 Å². The van der Waals surface area contributed by atoms with Crippen LogP contribution in [0.1, 0.15) is 76.7 Å². The van der Waals surface area contributed by atoms with Crippen molar-refractivity contribution in [2.45, 2.75) is 89.8 Å². The van der Waals surface area contributed by atoms with Crippen molar-refractivity contribution in [1.29, 1.82) is 0 Å². The van der Waals surface area contributed by atoms with Crippen LogP contribution < -0.4 is 16.0 Å². The van der Waals surface area contributed by atoms with Gasteiger partial charge in [-0.05, 0) is 62.1 Å². The van der Waals surface area contributed by atoms with Crippen LogP contribution in [0.15, 0.2) is 24.3 Å². The molecule has 28 heavy (non-hydrogen) atoms. The second-order valence-corrected chi connectivity index (χ2v) is 8.58. The van der Waals surface area contributed by atoms with E-state index in [0.717, 1.165) is 44.3 Å². The topological polar surface area (TPSA) is 70.2 Å². The van der Waals surface area contributed by atoms with Crippen LogP contribution in [-0.2, 0) is 16.1 Å². The summed E-state index contributed by atoms with van der Waals surface area (Å²) in [5.74, 6) is 0.833. The molecule has 2 saturated carbocycles. The molecule has 0 spiro atoms. The number of rotatable bonds is 7. The van der Waals surface area contributed by atoms with Crippen molar-refractivity contribution in [3.05, 3.63) is 29.8 Å². The summed E-state index contributed by atoms with van der Waals surface area (Å²) in [6.45, 7) is 2.36. The number of anilines is 1. The number of hydrogen-bond acceptors (Lipinski definition) is 3. The van der Waals surface area contributed by atoms with E-state index in [9.17, 15) is 9.59 Å². The summed E-state index contributed by atoms with van der Waals surface area (Å²) in [6, 6.07) is 8.85. The lowest BCUT2D eigenvalue weighted by Gasteiger charge is -2.30. The molecule has 5 nitrogen and oxygen atoms in total. The van der Waals surface area contributed by atoms with E-state index < -0.39 is 0 Å². The Labute approximate surface area is 169 Å². The zero-order valence-electron chi connectivity index (χ0n) is 17.1. The van der Waals surface area contributed by atoms with E-state index in [-0.39, 0.29) is 11.8 Å². The van der Waals surface area contributed by atoms with Crippen LogP contribution in [0.2, 0.25) is 0 Å². The molecule has 3 rings (SSSR count). The van der Waals surface area contributed by atoms with Crippen LogP contribution in [0.5, 0.6) is 0 Å². The second kappa shape index (κ2) is 10.6. The Balaban J connectivity index is 1.32. The number of hydrogen-bond donors (Lipinski definition) is 3. The van der Waals surface area contributed by atoms with Gasteiger partial charge in [0.25, 0.3) is 0 Å². The molecule has 1 aromatic rings. The van der Waals surface area contributed by atoms with Gasteiger partial charge in [-0.1, -0.05) is 31.4 Å². The Morgan fingerprint density at radius 3 is 2.18 bits per heavy atom. The van der Waals surface area contributed by atoms with Gasteiger partial charge in [-0.2, -0.15) is 0 Å². The quantitative estimate of drug-likeness (QED) is 0.661. The first kappa shape index (κ1) is 20.8. The minimum absolute atomic E-state index is 0.0477. The van der Waals surface area contributed by atoms with Gasteiger partial charge in [-0.25, -0.2) is 0 Å². The zero-order valence-corrected chi connectivity index (χ0v) is 17.1. The van der Waals surface area contributed by atoms with E-state index in [4.69, 9.17) is 0 Å². The molecule has 2 aliphatic carbocycles. The predicted molar refractivity (Wildman–Crippen MR) is 113 cm³/mol. The maximum atomic E-state index is 12.3. The standard InChI is InChI=1S/C23H35N3O2/c1-17(27)25-21-9-7-19(8-10-21)16-24-20-11-13-22(14-12-20)26-23(28)15-18-5-3-2-4-6-18/h7-10,18,20,22,24H,2-6,11-16H2,1H3,(H,25,27)(H,26,28). The molecule has 0 radical (unpaired) electrons. The maximum absolute atomic E-state index is 12.3. The molecule has 0 bridgehead atoms. The molecule has 0 aliphatic heterocycles. The molecule has 3 N–H and O–H groups in total. The maximum Gasteiger partial charge on any atom is 0.221 e. The lowest BCUT2D eigenvalue weighted by atomic mass is 9.86. The van der Waals surface area contributed by atoms with E-state index in [0.29, 0.717) is 18.0 Å². The van der Waals surface area contributed by atoms with Gasteiger partial charge in [0.15, 0.2) is 0 Å². The first-order valence-corrected chi connectivity index (χ1v) is 11.0. The van der Waals surface area contributed by atoms with E-state index in [1.54, 1.807) is 0 Å². The minimum atomic E-state index is -0.0477. The lowest BCUT2D eigenvalue weighted by Crippen LogP contribution is -2.42. The third-order valence-electron chi connectivity index (χ3n) is 6.16. The van der Waals surface area contributed by atoms with Crippen molar-refractivity contribution in [2.24, 2.45) is 5.92 Å². The van der Waals surface area contributed by atoms with Gasteiger partial charge >= 0.3 is 0 Å². The summed E-state index contributed by atoms with van der Waals surface area (Å²) in [4.78, 5) is 23.4. The molecule has 0 saturated heterocycles. The summed E-state index contributed by atoms with van der Waals surface area (Å²) >= 11 is 0. The van der Waals surface area contributed by atoms with Crippen molar-refractivity contribution in [2.75, 3.05) is 5.32 Å². The molecule has 2 fully saturated rings. The minimum Gasteiger partial charge on any atom is -0.353 e. The van der Waals surface area contributed by atoms with E-state index in [1.807, 2.05) is 12.1 Å². The van der Waals surface area contributed by atoms with Crippen LogP contribution in [0, 0.1) is 5.92 Å². The van der Waals surface area contributed by atoms with Gasteiger partial charge in [-0.3, -0.25) is 9.59 Å². The Morgan fingerprint density at radius 2 is 1.54 bits per heavy atom. The normalized spacial score (nSPS) is 23.2. The van der Waals surface area contributed by atoms with Gasteiger partial charge in [0, 0.05) is 37.7 Å². The fraction of sp³-hybridized carbons (Fsp3) is 0.652. The number of carbonyl (C=O) groups is 2. The molecule has 0 unspecified atom stereocenters. The van der Waals surface area contributed by atoms with Gasteiger partial charge in [0.1, 0.15) is 0 Å². The Hall–Kier alpha value is -1.88. The molecule has 1 aromatic carbocycles. The number of carbonyl (C=O) groups excluding carboxylic acids is 2. The number of nitrogens with one attached hydrogen (secondary N) is 3. The summed E-state index contributed by atoms with van der Waals surface area (Å²) in [5.41, 5.74) is 2.05. The third-order valence-corrected chi connectivity index (χ3v) is 6.16. The zero-order chi connectivity index (χ0) is 19.8. The largest absolute Gasteiger partial charge is 0.353 e. The molecular weight excluding hydrogens is 350 g/mol. The van der Waals surface area contributed by atoms with Crippen LogP contribution >= 0.6 is 0 Å². The highest BCUT2D eigenvalue weighted by molar-refractivity contribution is 5.88. The number of benzene rings is 1. The van der Waals surface area contributed by atoms with E-state index in [2.05, 4.69) is 28.1 Å². The van der Waals surface area contributed by atoms with E-state index >= 15 is 0 Å². The third kappa shape index (κ3) is 6.93. The Bertz CT molecular complexity index is 630. The molecule has 5 heteroatoms. The Morgan fingerprint density at radius 1 is 0.893 bits per heavy atom. The molecular formula is C23H35N3O2. The molecule has 0 atom stereocenters. The van der Waals surface area contributed by atoms with Gasteiger partial charge in [0.2, 0.25) is 11.8 Å². The summed E-state index contributed by atoms with van der Waals surface area (Å²) in [5, 5.41) is 9.71. The fourth-order valence-corrected chi connectivity index (χ4v) is 4.55. The number of amides is 2. The molecule has 2 amide bonds. The molecule has 0 heterocycles. The molecule has 2 aliphatic rings. The van der Waals surface area contributed by atoms with Crippen molar-refractivity contribution >= 4 is 17.5 Å². The first-order chi connectivity index (χ1) is 13.6. The molecule has 0 aromatic heterocycles. The predicted octanol–water partition coefficient (Wildman–Crippen LogP) is 4.13. The monoisotopic (exact) mass is 385 g/mol. The average Bonchev–Trinajstić information content (AvgIpc) is 2.69. The van der Waals surface area contributed by atoms with Gasteiger partial charge in [0.05, 0.1) is 0 Å². The van der Waals surface area contributed by atoms with Crippen molar-refractivity contribution in [3.63, 3.8) is 0 Å². The molecule has 154 valence electrons. The first-order valence-electron chi connectivity index (χ1n) is 11.0. The van der Waals surface area contributed by atoms with Gasteiger partial charge in [-0.15, -0.1) is 0 Å². The highest BCUT2D eigenvalue weighted by atomic mass is 16.2. The highest BCUT2D eigenvalue weighted by Gasteiger charge is 2.23. The van der Waals surface area contributed by atoms with Crippen LogP contribution in [0.3, 0.4) is 0 Å². The highest BCUT2D eigenvalue weighted by Crippen LogP contribution is 2.26. The van der Waals surface area contributed by atoms with Gasteiger partial charge < -0.3 is 16.0 Å². The van der Waals surface area contributed by atoms with Crippen LogP contribution in [0.25, 0.3) is 0 Å². The summed E-state index contributed by atoms with van der Waals surface area (Å²) in [7, 11) is 0. The summed E-state index contributed by atoms with van der Waals surface area (Å²) in [6.07, 6.45) is 11.5. The van der Waals surface area contributed by atoms with Crippen molar-refractivity contribution in [1.82, 2.24) is 10.6 Å². The smallest absolute Gasteiger partial charge is 0.221 e. The lowest BCUT2D eigenvalue weighted by molar-refractivity contribution is -0.123. The summed E-state index contributed by atoms with van der Waals surface area (Å²) < 4.78 is 0. The average molecular weight is 386 g/mol. The van der Waals surface area contributed by atoms with E-state index in [1.165, 1.54) is 44.6 Å². The Kier molecular flexibility index (Phi) is 7.90. The van der Waals surface area contributed by atoms with Crippen molar-refractivity contribution in [3.8, 4) is 0 Å². The van der Waals surface area contributed by atoms with Crippen LogP contribution in [0.4, 0.5) is 5.69 Å². The second-order valence-electron chi connectivity index (χ2n) is 8.58.